The molecule has 7 nitrogen and oxygen atoms in total. The number of hydrogen-bond donors (Lipinski definition) is 0. The number of aryl methyl sites for hydroxylation is 1. The molecule has 0 atom stereocenters. The van der Waals surface area contributed by atoms with Gasteiger partial charge in [0.15, 0.2) is 0 Å². The van der Waals surface area contributed by atoms with Gasteiger partial charge in [-0.15, -0.1) is 0 Å². The van der Waals surface area contributed by atoms with Crippen molar-refractivity contribution in [3.05, 3.63) is 17.5 Å². The molecule has 8 heteroatoms. The zero-order chi connectivity index (χ0) is 14.0. The van der Waals surface area contributed by atoms with Crippen LogP contribution in [0.1, 0.15) is 29.4 Å². The van der Waals surface area contributed by atoms with Crippen LogP contribution in [0.15, 0.2) is 6.20 Å². The second-order valence-corrected chi connectivity index (χ2v) is 6.44. The van der Waals surface area contributed by atoms with Crippen molar-refractivity contribution < 1.29 is 17.9 Å². The number of sulfonamides is 1. The summed E-state index contributed by atoms with van der Waals surface area (Å²) in [6, 6.07) is 0. The second kappa shape index (κ2) is 5.30. The molecule has 1 fully saturated rings. The molecular weight excluding hydrogens is 270 g/mol. The maximum absolute atomic E-state index is 11.8. The first kappa shape index (κ1) is 14.0. The molecule has 106 valence electrons. The largest absolute Gasteiger partial charge is 0.462 e. The van der Waals surface area contributed by atoms with Crippen molar-refractivity contribution in [2.24, 2.45) is 7.05 Å². The van der Waals surface area contributed by atoms with Gasteiger partial charge in [0.05, 0.1) is 30.8 Å². The van der Waals surface area contributed by atoms with E-state index in [2.05, 4.69) is 5.10 Å². The summed E-state index contributed by atoms with van der Waals surface area (Å²) in [5.74, 6) is -0.304. The summed E-state index contributed by atoms with van der Waals surface area (Å²) >= 11 is 0. The van der Waals surface area contributed by atoms with Gasteiger partial charge < -0.3 is 4.74 Å². The number of esters is 1. The highest BCUT2D eigenvalue weighted by atomic mass is 32.2. The van der Waals surface area contributed by atoms with Crippen molar-refractivity contribution in [1.29, 1.82) is 0 Å². The van der Waals surface area contributed by atoms with Crippen LogP contribution >= 0.6 is 0 Å². The highest BCUT2D eigenvalue weighted by Crippen LogP contribution is 2.19. The Labute approximate surface area is 112 Å². The Hall–Kier alpha value is -1.41. The summed E-state index contributed by atoms with van der Waals surface area (Å²) in [5, 5.41) is 4.00. The molecule has 1 aromatic heterocycles. The van der Waals surface area contributed by atoms with Gasteiger partial charge in [-0.3, -0.25) is 4.68 Å². The van der Waals surface area contributed by atoms with E-state index in [1.807, 2.05) is 0 Å². The van der Waals surface area contributed by atoms with Gasteiger partial charge in [0, 0.05) is 13.6 Å². The molecule has 1 saturated heterocycles. The van der Waals surface area contributed by atoms with Gasteiger partial charge in [-0.05, 0) is 13.3 Å². The van der Waals surface area contributed by atoms with E-state index < -0.39 is 16.0 Å². The van der Waals surface area contributed by atoms with E-state index in [-0.39, 0.29) is 18.9 Å². The summed E-state index contributed by atoms with van der Waals surface area (Å²) in [6.45, 7) is 2.64. The van der Waals surface area contributed by atoms with Crippen molar-refractivity contribution in [3.8, 4) is 0 Å². The van der Waals surface area contributed by atoms with Crippen molar-refractivity contribution >= 4 is 16.0 Å². The average Bonchev–Trinajstić information content (AvgIpc) is 2.85. The number of ether oxygens (including phenoxy) is 1. The van der Waals surface area contributed by atoms with Gasteiger partial charge in [0.2, 0.25) is 10.0 Å². The average molecular weight is 287 g/mol. The number of aromatic nitrogens is 2. The lowest BCUT2D eigenvalue weighted by molar-refractivity contribution is 0.0524. The van der Waals surface area contributed by atoms with E-state index in [4.69, 9.17) is 4.74 Å². The van der Waals surface area contributed by atoms with Crippen LogP contribution in [0.4, 0.5) is 0 Å². The minimum Gasteiger partial charge on any atom is -0.462 e. The Morgan fingerprint density at radius 2 is 2.26 bits per heavy atom. The summed E-state index contributed by atoms with van der Waals surface area (Å²) in [7, 11) is -1.51. The predicted octanol–water partition coefficient (Wildman–Crippen LogP) is 0.132. The molecule has 0 radical (unpaired) electrons. The highest BCUT2D eigenvalue weighted by molar-refractivity contribution is 7.89. The molecule has 0 aromatic carbocycles. The lowest BCUT2D eigenvalue weighted by atomic mass is 10.2. The van der Waals surface area contributed by atoms with Gasteiger partial charge in [-0.25, -0.2) is 13.2 Å². The van der Waals surface area contributed by atoms with Gasteiger partial charge >= 0.3 is 5.97 Å². The third-order valence-electron chi connectivity index (χ3n) is 3.09. The fraction of sp³-hybridized carbons (Fsp3) is 0.636. The standard InChI is InChI=1S/C11H17N3O4S/c1-3-18-11(15)9-7-12-13(2)10(9)8-14-5-4-6-19(14,16)17/h7H,3-6,8H2,1-2H3. The number of carbonyl (C=O) groups excluding carboxylic acids is 1. The lowest BCUT2D eigenvalue weighted by Crippen LogP contribution is -2.27. The molecule has 2 heterocycles. The molecule has 1 aromatic rings. The van der Waals surface area contributed by atoms with Crippen LogP contribution < -0.4 is 0 Å². The maximum atomic E-state index is 11.8. The van der Waals surface area contributed by atoms with Crippen molar-refractivity contribution in [2.45, 2.75) is 19.9 Å². The first-order valence-electron chi connectivity index (χ1n) is 6.11. The van der Waals surface area contributed by atoms with Gasteiger partial charge in [0.1, 0.15) is 5.56 Å². The van der Waals surface area contributed by atoms with Crippen molar-refractivity contribution in [1.82, 2.24) is 14.1 Å². The molecule has 0 aliphatic carbocycles. The van der Waals surface area contributed by atoms with Crippen LogP contribution in [0.3, 0.4) is 0 Å². The van der Waals surface area contributed by atoms with Crippen molar-refractivity contribution in [2.75, 3.05) is 18.9 Å². The van der Waals surface area contributed by atoms with Crippen LogP contribution in [-0.2, 0) is 28.4 Å². The summed E-state index contributed by atoms with van der Waals surface area (Å²) < 4.78 is 31.4. The Morgan fingerprint density at radius 3 is 2.84 bits per heavy atom. The summed E-state index contributed by atoms with van der Waals surface area (Å²) in [5.41, 5.74) is 0.885. The Morgan fingerprint density at radius 1 is 1.53 bits per heavy atom. The van der Waals surface area contributed by atoms with E-state index in [9.17, 15) is 13.2 Å². The molecule has 0 N–H and O–H groups in total. The molecule has 0 amide bonds. The van der Waals surface area contributed by atoms with Crippen molar-refractivity contribution in [3.63, 3.8) is 0 Å². The third kappa shape index (κ3) is 2.79. The van der Waals surface area contributed by atoms with Crippen LogP contribution in [-0.4, -0.2) is 47.4 Å². The molecule has 0 saturated carbocycles. The highest BCUT2D eigenvalue weighted by Gasteiger charge is 2.30. The molecule has 1 aliphatic rings. The summed E-state index contributed by atoms with van der Waals surface area (Å²) in [4.78, 5) is 11.8. The first-order chi connectivity index (χ1) is 8.95. The SMILES string of the molecule is CCOC(=O)c1cnn(C)c1CN1CCCS1(=O)=O. The van der Waals surface area contributed by atoms with Crippen LogP contribution in [0.2, 0.25) is 0 Å². The van der Waals surface area contributed by atoms with Crippen LogP contribution in [0.25, 0.3) is 0 Å². The van der Waals surface area contributed by atoms with E-state index in [1.165, 1.54) is 15.2 Å². The number of rotatable bonds is 4. The second-order valence-electron chi connectivity index (χ2n) is 4.35. The van der Waals surface area contributed by atoms with Crippen LogP contribution in [0.5, 0.6) is 0 Å². The normalized spacial score (nSPS) is 18.6. The molecular formula is C11H17N3O4S. The minimum atomic E-state index is -3.19. The topological polar surface area (TPSA) is 81.5 Å². The smallest absolute Gasteiger partial charge is 0.341 e. The lowest BCUT2D eigenvalue weighted by Gasteiger charge is -2.15. The quantitative estimate of drug-likeness (QED) is 0.735. The fourth-order valence-electron chi connectivity index (χ4n) is 2.07. The zero-order valence-corrected chi connectivity index (χ0v) is 11.8. The minimum absolute atomic E-state index is 0.160. The van der Waals surface area contributed by atoms with E-state index in [0.29, 0.717) is 24.2 Å². The maximum Gasteiger partial charge on any atom is 0.341 e. The molecule has 19 heavy (non-hydrogen) atoms. The first-order valence-corrected chi connectivity index (χ1v) is 7.72. The van der Waals surface area contributed by atoms with E-state index >= 15 is 0 Å². The number of nitrogens with zero attached hydrogens (tertiary/aromatic N) is 3. The molecule has 0 spiro atoms. The third-order valence-corrected chi connectivity index (χ3v) is 4.99. The molecule has 0 bridgehead atoms. The monoisotopic (exact) mass is 287 g/mol. The number of carbonyl (C=O) groups is 1. The molecule has 2 rings (SSSR count). The Kier molecular flexibility index (Phi) is 3.91. The number of hydrogen-bond acceptors (Lipinski definition) is 5. The predicted molar refractivity (Wildman–Crippen MR) is 68.0 cm³/mol. The van der Waals surface area contributed by atoms with Crippen LogP contribution in [0, 0.1) is 0 Å². The molecule has 0 unspecified atom stereocenters. The van der Waals surface area contributed by atoms with E-state index in [0.717, 1.165) is 0 Å². The Bertz CT molecular complexity index is 579. The summed E-state index contributed by atoms with van der Waals surface area (Å²) in [6.07, 6.45) is 2.03. The molecule has 1 aliphatic heterocycles. The zero-order valence-electron chi connectivity index (χ0n) is 11.0. The van der Waals surface area contributed by atoms with Gasteiger partial charge in [-0.2, -0.15) is 9.40 Å². The fourth-order valence-corrected chi connectivity index (χ4v) is 3.54. The van der Waals surface area contributed by atoms with Gasteiger partial charge in [0.25, 0.3) is 0 Å². The van der Waals surface area contributed by atoms with Gasteiger partial charge in [-0.1, -0.05) is 0 Å². The van der Waals surface area contributed by atoms with E-state index in [1.54, 1.807) is 14.0 Å². The Balaban J connectivity index is 2.25.